The molecular formula is C14H19N3O4S. The van der Waals surface area contributed by atoms with E-state index in [4.69, 9.17) is 0 Å². The molecule has 1 aromatic carbocycles. The van der Waals surface area contributed by atoms with Crippen LogP contribution in [0.3, 0.4) is 0 Å². The van der Waals surface area contributed by atoms with Gasteiger partial charge in [-0.15, -0.1) is 0 Å². The van der Waals surface area contributed by atoms with Crippen LogP contribution < -0.4 is 5.32 Å². The van der Waals surface area contributed by atoms with E-state index in [1.807, 2.05) is 0 Å². The number of non-ortho nitro benzene ring substituents is 1. The molecule has 0 spiro atoms. The Morgan fingerprint density at radius 1 is 1.18 bits per heavy atom. The molecule has 120 valence electrons. The maximum atomic E-state index is 12.9. The quantitative estimate of drug-likeness (QED) is 0.671. The minimum Gasteiger partial charge on any atom is -0.312 e. The fourth-order valence-electron chi connectivity index (χ4n) is 3.38. The predicted molar refractivity (Wildman–Crippen MR) is 81.0 cm³/mol. The molecule has 0 aliphatic carbocycles. The Balaban J connectivity index is 1.89. The maximum Gasteiger partial charge on any atom is 0.269 e. The average molecular weight is 325 g/mol. The normalized spacial score (nSPS) is 26.4. The molecule has 2 aliphatic heterocycles. The van der Waals surface area contributed by atoms with Crippen molar-refractivity contribution in [1.29, 1.82) is 0 Å². The number of hydrogen-bond donors (Lipinski definition) is 1. The molecule has 0 radical (unpaired) electrons. The van der Waals surface area contributed by atoms with Crippen molar-refractivity contribution in [3.63, 3.8) is 0 Å². The molecule has 8 heteroatoms. The van der Waals surface area contributed by atoms with Gasteiger partial charge in [0.1, 0.15) is 0 Å². The lowest BCUT2D eigenvalue weighted by molar-refractivity contribution is -0.384. The number of nitrogens with one attached hydrogen (secondary N) is 1. The highest BCUT2D eigenvalue weighted by molar-refractivity contribution is 7.89. The number of fused-ring (bicyclic) bond motifs is 1. The zero-order valence-electron chi connectivity index (χ0n) is 12.1. The Morgan fingerprint density at radius 3 is 2.59 bits per heavy atom. The van der Waals surface area contributed by atoms with E-state index in [-0.39, 0.29) is 22.7 Å². The molecule has 1 aromatic rings. The molecule has 2 aliphatic rings. The number of piperidine rings is 2. The van der Waals surface area contributed by atoms with Crippen LogP contribution in [0.1, 0.15) is 25.7 Å². The molecule has 2 unspecified atom stereocenters. The van der Waals surface area contributed by atoms with Crippen molar-refractivity contribution < 1.29 is 13.3 Å². The molecular weight excluding hydrogens is 306 g/mol. The summed E-state index contributed by atoms with van der Waals surface area (Å²) in [6.07, 6.45) is 3.66. The molecule has 22 heavy (non-hydrogen) atoms. The zero-order chi connectivity index (χ0) is 15.7. The summed E-state index contributed by atoms with van der Waals surface area (Å²) in [6.45, 7) is 1.45. The first-order valence-corrected chi connectivity index (χ1v) is 8.94. The third-order valence-electron chi connectivity index (χ3n) is 4.47. The first-order valence-electron chi connectivity index (χ1n) is 7.50. The second kappa shape index (κ2) is 5.94. The first kappa shape index (κ1) is 15.4. The SMILES string of the molecule is O=[N+]([O-])c1ccc(S(=O)(=O)N2CCCC3NCCCC32)cc1. The topological polar surface area (TPSA) is 92.5 Å². The van der Waals surface area contributed by atoms with E-state index in [1.54, 1.807) is 4.31 Å². The third kappa shape index (κ3) is 2.73. The van der Waals surface area contributed by atoms with Gasteiger partial charge in [0, 0.05) is 30.8 Å². The second-order valence-corrected chi connectivity index (χ2v) is 7.67. The minimum absolute atomic E-state index is 0.0114. The fraction of sp³-hybridized carbons (Fsp3) is 0.571. The molecule has 0 amide bonds. The zero-order valence-corrected chi connectivity index (χ0v) is 13.0. The molecule has 7 nitrogen and oxygen atoms in total. The third-order valence-corrected chi connectivity index (χ3v) is 6.40. The molecule has 2 saturated heterocycles. The predicted octanol–water partition coefficient (Wildman–Crippen LogP) is 1.50. The number of sulfonamides is 1. The standard InChI is InChI=1S/C14H19N3O4S/c18-17(19)11-5-7-12(8-6-11)22(20,21)16-10-2-3-13-14(16)4-1-9-15-13/h5-8,13-15H,1-4,9-10H2. The van der Waals surface area contributed by atoms with Crippen LogP contribution in [0.15, 0.2) is 29.2 Å². The Kier molecular flexibility index (Phi) is 4.16. The van der Waals surface area contributed by atoms with Crippen LogP contribution >= 0.6 is 0 Å². The van der Waals surface area contributed by atoms with Crippen LogP contribution in [-0.4, -0.2) is 42.8 Å². The lowest BCUT2D eigenvalue weighted by atomic mass is 9.91. The average Bonchev–Trinajstić information content (AvgIpc) is 2.54. The van der Waals surface area contributed by atoms with E-state index in [1.165, 1.54) is 24.3 Å². The van der Waals surface area contributed by atoms with Crippen molar-refractivity contribution in [1.82, 2.24) is 9.62 Å². The summed E-state index contributed by atoms with van der Waals surface area (Å²) in [6, 6.07) is 5.35. The number of hydrogen-bond acceptors (Lipinski definition) is 5. The van der Waals surface area contributed by atoms with Gasteiger partial charge in [-0.25, -0.2) is 8.42 Å². The lowest BCUT2D eigenvalue weighted by Gasteiger charge is -2.43. The molecule has 1 N–H and O–H groups in total. The Hall–Kier alpha value is -1.51. The van der Waals surface area contributed by atoms with Gasteiger partial charge in [0.2, 0.25) is 10.0 Å². The molecule has 2 atom stereocenters. The summed E-state index contributed by atoms with van der Waals surface area (Å²) in [7, 11) is -3.60. The van der Waals surface area contributed by atoms with Gasteiger partial charge in [-0.05, 0) is 44.4 Å². The van der Waals surface area contributed by atoms with Gasteiger partial charge in [0.15, 0.2) is 0 Å². The van der Waals surface area contributed by atoms with E-state index < -0.39 is 14.9 Å². The molecule has 0 bridgehead atoms. The van der Waals surface area contributed by atoms with Gasteiger partial charge < -0.3 is 5.32 Å². The fourth-order valence-corrected chi connectivity index (χ4v) is 5.11. The first-order chi connectivity index (χ1) is 10.5. The summed E-state index contributed by atoms with van der Waals surface area (Å²) in [5.41, 5.74) is -0.102. The van der Waals surface area contributed by atoms with Gasteiger partial charge in [-0.1, -0.05) is 0 Å². The minimum atomic E-state index is -3.60. The van der Waals surface area contributed by atoms with Crippen LogP contribution in [-0.2, 0) is 10.0 Å². The lowest BCUT2D eigenvalue weighted by Crippen LogP contribution is -2.58. The highest BCUT2D eigenvalue weighted by atomic mass is 32.2. The Morgan fingerprint density at radius 2 is 1.91 bits per heavy atom. The molecule has 0 aromatic heterocycles. The van der Waals surface area contributed by atoms with Gasteiger partial charge in [-0.3, -0.25) is 10.1 Å². The largest absolute Gasteiger partial charge is 0.312 e. The summed E-state index contributed by atoms with van der Waals surface area (Å²) in [5, 5.41) is 14.1. The van der Waals surface area contributed by atoms with Crippen LogP contribution in [0.5, 0.6) is 0 Å². The van der Waals surface area contributed by atoms with E-state index in [0.29, 0.717) is 6.54 Å². The summed E-state index contributed by atoms with van der Waals surface area (Å²) < 4.78 is 27.3. The monoisotopic (exact) mass is 325 g/mol. The molecule has 3 rings (SSSR count). The van der Waals surface area contributed by atoms with E-state index >= 15 is 0 Å². The Bertz CT molecular complexity index is 657. The highest BCUT2D eigenvalue weighted by Crippen LogP contribution is 2.30. The van der Waals surface area contributed by atoms with Crippen molar-refractivity contribution >= 4 is 15.7 Å². The highest BCUT2D eigenvalue weighted by Gasteiger charge is 2.39. The number of nitro groups is 1. The van der Waals surface area contributed by atoms with E-state index in [0.717, 1.165) is 32.2 Å². The summed E-state index contributed by atoms with van der Waals surface area (Å²) >= 11 is 0. The van der Waals surface area contributed by atoms with Crippen molar-refractivity contribution in [3.8, 4) is 0 Å². The van der Waals surface area contributed by atoms with Crippen LogP contribution in [0.4, 0.5) is 5.69 Å². The molecule has 2 fully saturated rings. The van der Waals surface area contributed by atoms with Gasteiger partial charge in [-0.2, -0.15) is 4.31 Å². The smallest absolute Gasteiger partial charge is 0.269 e. The van der Waals surface area contributed by atoms with Crippen molar-refractivity contribution in [2.45, 2.75) is 42.7 Å². The maximum absolute atomic E-state index is 12.9. The number of rotatable bonds is 3. The van der Waals surface area contributed by atoms with Crippen LogP contribution in [0.2, 0.25) is 0 Å². The van der Waals surface area contributed by atoms with Gasteiger partial charge >= 0.3 is 0 Å². The summed E-state index contributed by atoms with van der Waals surface area (Å²) in [4.78, 5) is 10.3. The molecule has 2 heterocycles. The number of nitro benzene ring substituents is 1. The van der Waals surface area contributed by atoms with E-state index in [9.17, 15) is 18.5 Å². The number of nitrogens with zero attached hydrogens (tertiary/aromatic N) is 2. The molecule has 0 saturated carbocycles. The van der Waals surface area contributed by atoms with E-state index in [2.05, 4.69) is 5.32 Å². The van der Waals surface area contributed by atoms with Gasteiger partial charge in [0.25, 0.3) is 5.69 Å². The second-order valence-electron chi connectivity index (χ2n) is 5.78. The van der Waals surface area contributed by atoms with Crippen LogP contribution in [0.25, 0.3) is 0 Å². The number of benzene rings is 1. The Labute approximate surface area is 129 Å². The summed E-state index contributed by atoms with van der Waals surface area (Å²) in [5.74, 6) is 0. The van der Waals surface area contributed by atoms with Gasteiger partial charge in [0.05, 0.1) is 9.82 Å². The van der Waals surface area contributed by atoms with Crippen molar-refractivity contribution in [2.75, 3.05) is 13.1 Å². The van der Waals surface area contributed by atoms with Crippen molar-refractivity contribution in [2.24, 2.45) is 0 Å². The van der Waals surface area contributed by atoms with Crippen LogP contribution in [0, 0.1) is 10.1 Å². The van der Waals surface area contributed by atoms with Crippen molar-refractivity contribution in [3.05, 3.63) is 34.4 Å².